The minimum absolute atomic E-state index is 0.0471. The molecule has 0 aromatic heterocycles. The normalized spacial score (nSPS) is 25.9. The molecule has 1 saturated carbocycles. The van der Waals surface area contributed by atoms with Gasteiger partial charge in [0.15, 0.2) is 0 Å². The highest BCUT2D eigenvalue weighted by Crippen LogP contribution is 2.41. The summed E-state index contributed by atoms with van der Waals surface area (Å²) < 4.78 is 5.15. The van der Waals surface area contributed by atoms with Gasteiger partial charge < -0.3 is 10.5 Å². The number of nitrogens with two attached hydrogens (primary N) is 1. The van der Waals surface area contributed by atoms with Gasteiger partial charge in [-0.2, -0.15) is 0 Å². The Bertz CT molecular complexity index is 394. The van der Waals surface area contributed by atoms with Gasteiger partial charge >= 0.3 is 0 Å². The molecule has 0 saturated heterocycles. The summed E-state index contributed by atoms with van der Waals surface area (Å²) in [6.07, 6.45) is 3.78. The Kier molecular flexibility index (Phi) is 3.95. The fourth-order valence-corrected chi connectivity index (χ4v) is 3.14. The van der Waals surface area contributed by atoms with Crippen LogP contribution in [0.25, 0.3) is 0 Å². The zero-order chi connectivity index (χ0) is 12.4. The van der Waals surface area contributed by atoms with Crippen LogP contribution in [0.1, 0.15) is 37.8 Å². The van der Waals surface area contributed by atoms with Crippen molar-refractivity contribution in [2.24, 2.45) is 17.6 Å². The van der Waals surface area contributed by atoms with Crippen LogP contribution in [0.5, 0.6) is 5.75 Å². The number of benzene rings is 1. The standard InChI is InChI=1S/C14H20ClNO/c1-9-4-3-5-11(9)14(16)12-7-6-10(17-2)8-13(12)15/h6-9,11,14H,3-5,16H2,1-2H3. The highest BCUT2D eigenvalue weighted by atomic mass is 35.5. The monoisotopic (exact) mass is 253 g/mol. The number of rotatable bonds is 3. The summed E-state index contributed by atoms with van der Waals surface area (Å²) in [5.74, 6) is 2.04. The molecule has 2 N–H and O–H groups in total. The molecule has 1 fully saturated rings. The molecule has 1 aromatic carbocycles. The maximum absolute atomic E-state index is 6.36. The van der Waals surface area contributed by atoms with Crippen LogP contribution in [0.3, 0.4) is 0 Å². The largest absolute Gasteiger partial charge is 0.497 e. The summed E-state index contributed by atoms with van der Waals surface area (Å²) in [5.41, 5.74) is 7.41. The van der Waals surface area contributed by atoms with Gasteiger partial charge in [-0.05, 0) is 36.0 Å². The van der Waals surface area contributed by atoms with E-state index in [4.69, 9.17) is 22.1 Å². The average molecular weight is 254 g/mol. The Balaban J connectivity index is 2.21. The van der Waals surface area contributed by atoms with E-state index in [1.165, 1.54) is 19.3 Å². The number of ether oxygens (including phenoxy) is 1. The van der Waals surface area contributed by atoms with Crippen LogP contribution in [0.4, 0.5) is 0 Å². The summed E-state index contributed by atoms with van der Waals surface area (Å²) in [4.78, 5) is 0. The van der Waals surface area contributed by atoms with Crippen LogP contribution < -0.4 is 10.5 Å². The van der Waals surface area contributed by atoms with E-state index in [2.05, 4.69) is 6.92 Å². The molecule has 0 bridgehead atoms. The van der Waals surface area contributed by atoms with Crippen molar-refractivity contribution in [2.45, 2.75) is 32.2 Å². The fraction of sp³-hybridized carbons (Fsp3) is 0.571. The molecule has 0 radical (unpaired) electrons. The first-order chi connectivity index (χ1) is 8.13. The number of hydrogen-bond donors (Lipinski definition) is 1. The molecular weight excluding hydrogens is 234 g/mol. The smallest absolute Gasteiger partial charge is 0.120 e. The van der Waals surface area contributed by atoms with Crippen molar-refractivity contribution in [3.63, 3.8) is 0 Å². The molecule has 3 atom stereocenters. The third kappa shape index (κ3) is 2.58. The van der Waals surface area contributed by atoms with Gasteiger partial charge in [-0.25, -0.2) is 0 Å². The lowest BCUT2D eigenvalue weighted by Crippen LogP contribution is -2.23. The highest BCUT2D eigenvalue weighted by Gasteiger charge is 2.30. The van der Waals surface area contributed by atoms with Crippen LogP contribution >= 0.6 is 11.6 Å². The molecule has 1 aromatic rings. The molecule has 2 nitrogen and oxygen atoms in total. The summed E-state index contributed by atoms with van der Waals surface area (Å²) in [6.45, 7) is 2.29. The highest BCUT2D eigenvalue weighted by molar-refractivity contribution is 6.31. The quantitative estimate of drug-likeness (QED) is 0.890. The Morgan fingerprint density at radius 2 is 2.18 bits per heavy atom. The van der Waals surface area contributed by atoms with Crippen molar-refractivity contribution in [1.82, 2.24) is 0 Å². The lowest BCUT2D eigenvalue weighted by molar-refractivity contribution is 0.350. The van der Waals surface area contributed by atoms with Crippen molar-refractivity contribution in [3.05, 3.63) is 28.8 Å². The van der Waals surface area contributed by atoms with Gasteiger partial charge in [0.25, 0.3) is 0 Å². The van der Waals surface area contributed by atoms with E-state index in [9.17, 15) is 0 Å². The average Bonchev–Trinajstić information content (AvgIpc) is 2.74. The summed E-state index contributed by atoms with van der Waals surface area (Å²) in [7, 11) is 1.64. The predicted octanol–water partition coefficient (Wildman–Crippen LogP) is 3.78. The topological polar surface area (TPSA) is 35.2 Å². The second-order valence-electron chi connectivity index (χ2n) is 4.99. The first-order valence-corrected chi connectivity index (χ1v) is 6.60. The Labute approximate surface area is 108 Å². The van der Waals surface area contributed by atoms with Gasteiger partial charge in [0, 0.05) is 11.1 Å². The van der Waals surface area contributed by atoms with Gasteiger partial charge in [0.1, 0.15) is 5.75 Å². The molecule has 1 aliphatic rings. The summed E-state index contributed by atoms with van der Waals surface area (Å²) >= 11 is 6.27. The third-order valence-corrected chi connectivity index (χ3v) is 4.28. The van der Waals surface area contributed by atoms with Crippen molar-refractivity contribution in [3.8, 4) is 5.75 Å². The van der Waals surface area contributed by atoms with Crippen molar-refractivity contribution >= 4 is 11.6 Å². The molecule has 3 heteroatoms. The minimum Gasteiger partial charge on any atom is -0.497 e. The second-order valence-corrected chi connectivity index (χ2v) is 5.39. The van der Waals surface area contributed by atoms with E-state index < -0.39 is 0 Å². The first kappa shape index (κ1) is 12.7. The molecule has 0 amide bonds. The second kappa shape index (κ2) is 5.28. The third-order valence-electron chi connectivity index (χ3n) is 3.96. The van der Waals surface area contributed by atoms with Gasteiger partial charge in [0.05, 0.1) is 7.11 Å². The van der Waals surface area contributed by atoms with Gasteiger partial charge in [0.2, 0.25) is 0 Å². The SMILES string of the molecule is COc1ccc(C(N)C2CCCC2C)c(Cl)c1. The van der Waals surface area contributed by atoms with Crippen LogP contribution in [0.15, 0.2) is 18.2 Å². The van der Waals surface area contributed by atoms with Crippen LogP contribution in [0.2, 0.25) is 5.02 Å². The van der Waals surface area contributed by atoms with Gasteiger partial charge in [-0.1, -0.05) is 37.4 Å². The number of methoxy groups -OCH3 is 1. The molecular formula is C14H20ClNO. The molecule has 0 aliphatic heterocycles. The lowest BCUT2D eigenvalue weighted by atomic mass is 9.86. The Morgan fingerprint density at radius 1 is 1.41 bits per heavy atom. The van der Waals surface area contributed by atoms with E-state index >= 15 is 0 Å². The van der Waals surface area contributed by atoms with Crippen LogP contribution in [0, 0.1) is 11.8 Å². The zero-order valence-electron chi connectivity index (χ0n) is 10.4. The summed E-state index contributed by atoms with van der Waals surface area (Å²) in [6, 6.07) is 5.82. The van der Waals surface area contributed by atoms with E-state index in [0.717, 1.165) is 16.3 Å². The van der Waals surface area contributed by atoms with Gasteiger partial charge in [-0.15, -0.1) is 0 Å². The van der Waals surface area contributed by atoms with Gasteiger partial charge in [-0.3, -0.25) is 0 Å². The van der Waals surface area contributed by atoms with E-state index in [1.807, 2.05) is 18.2 Å². The minimum atomic E-state index is 0.0471. The zero-order valence-corrected chi connectivity index (χ0v) is 11.2. The molecule has 3 unspecified atom stereocenters. The molecule has 17 heavy (non-hydrogen) atoms. The van der Waals surface area contributed by atoms with Crippen molar-refractivity contribution in [2.75, 3.05) is 7.11 Å². The maximum atomic E-state index is 6.36. The molecule has 0 spiro atoms. The van der Waals surface area contributed by atoms with Crippen molar-refractivity contribution in [1.29, 1.82) is 0 Å². The van der Waals surface area contributed by atoms with Crippen molar-refractivity contribution < 1.29 is 4.74 Å². The fourth-order valence-electron chi connectivity index (χ4n) is 2.84. The summed E-state index contributed by atoms with van der Waals surface area (Å²) in [5, 5.41) is 0.718. The number of halogens is 1. The van der Waals surface area contributed by atoms with E-state index in [1.54, 1.807) is 7.11 Å². The van der Waals surface area contributed by atoms with E-state index in [-0.39, 0.29) is 6.04 Å². The maximum Gasteiger partial charge on any atom is 0.120 e. The predicted molar refractivity (Wildman–Crippen MR) is 71.4 cm³/mol. The van der Waals surface area contributed by atoms with E-state index in [0.29, 0.717) is 11.8 Å². The lowest BCUT2D eigenvalue weighted by Gasteiger charge is -2.24. The molecule has 2 rings (SSSR count). The molecule has 94 valence electrons. The van der Waals surface area contributed by atoms with Crippen LogP contribution in [-0.4, -0.2) is 7.11 Å². The number of hydrogen-bond acceptors (Lipinski definition) is 2. The Morgan fingerprint density at radius 3 is 2.71 bits per heavy atom. The molecule has 0 heterocycles. The Hall–Kier alpha value is -0.730. The molecule has 1 aliphatic carbocycles. The first-order valence-electron chi connectivity index (χ1n) is 6.22. The van der Waals surface area contributed by atoms with Crippen LogP contribution in [-0.2, 0) is 0 Å².